The third-order valence-electron chi connectivity index (χ3n) is 5.00. The first-order valence-corrected chi connectivity index (χ1v) is 10.5. The van der Waals surface area contributed by atoms with E-state index < -0.39 is 0 Å². The molecule has 1 aliphatic heterocycles. The van der Waals surface area contributed by atoms with E-state index in [9.17, 15) is 4.79 Å². The lowest BCUT2D eigenvalue weighted by molar-refractivity contribution is -0.116. The van der Waals surface area contributed by atoms with Gasteiger partial charge in [-0.1, -0.05) is 65.4 Å². The average molecular weight is 418 g/mol. The number of carbonyl (C=O) groups is 1. The number of amides is 1. The summed E-state index contributed by atoms with van der Waals surface area (Å²) < 4.78 is 7.14. The predicted octanol–water partition coefficient (Wildman–Crippen LogP) is 3.21. The molecule has 0 spiro atoms. The minimum absolute atomic E-state index is 0.0543. The summed E-state index contributed by atoms with van der Waals surface area (Å²) in [6.45, 7) is 0.715. The van der Waals surface area contributed by atoms with Crippen LogP contribution in [-0.2, 0) is 18.3 Å². The summed E-state index contributed by atoms with van der Waals surface area (Å²) in [5.41, 5.74) is 3.07. The van der Waals surface area contributed by atoms with Gasteiger partial charge in [-0.05, 0) is 18.1 Å². The Morgan fingerprint density at radius 2 is 1.90 bits per heavy atom. The van der Waals surface area contributed by atoms with E-state index in [4.69, 9.17) is 4.52 Å². The van der Waals surface area contributed by atoms with Crippen molar-refractivity contribution in [2.24, 2.45) is 7.05 Å². The maximum atomic E-state index is 12.7. The highest BCUT2D eigenvalue weighted by Gasteiger charge is 2.25. The van der Waals surface area contributed by atoms with Crippen molar-refractivity contribution >= 4 is 23.4 Å². The number of rotatable bonds is 5. The number of aromatic nitrogens is 5. The molecule has 1 amide bonds. The van der Waals surface area contributed by atoms with Gasteiger partial charge in [0.2, 0.25) is 17.6 Å². The van der Waals surface area contributed by atoms with Crippen molar-refractivity contribution in [1.82, 2.24) is 24.9 Å². The zero-order valence-corrected chi connectivity index (χ0v) is 17.0. The molecular formula is C21H18N6O2S. The van der Waals surface area contributed by atoms with E-state index >= 15 is 0 Å². The molecule has 30 heavy (non-hydrogen) atoms. The lowest BCUT2D eigenvalue weighted by Crippen LogP contribution is -2.30. The van der Waals surface area contributed by atoms with Crippen LogP contribution in [0.15, 0.2) is 64.3 Å². The van der Waals surface area contributed by atoms with Crippen LogP contribution in [0.1, 0.15) is 5.56 Å². The summed E-state index contributed by atoms with van der Waals surface area (Å²) in [5, 5.41) is 13.0. The van der Waals surface area contributed by atoms with Crippen LogP contribution in [0.4, 0.5) is 5.69 Å². The summed E-state index contributed by atoms with van der Waals surface area (Å²) in [4.78, 5) is 19.0. The second-order valence-corrected chi connectivity index (χ2v) is 7.81. The van der Waals surface area contributed by atoms with E-state index in [1.54, 1.807) is 4.57 Å². The number of hydrogen-bond acceptors (Lipinski definition) is 7. The smallest absolute Gasteiger partial charge is 0.296 e. The third kappa shape index (κ3) is 3.37. The first kappa shape index (κ1) is 18.6. The number of para-hydroxylation sites is 1. The maximum Gasteiger partial charge on any atom is 0.296 e. The van der Waals surface area contributed by atoms with Gasteiger partial charge in [-0.15, -0.1) is 10.2 Å². The minimum Gasteiger partial charge on any atom is -0.330 e. The van der Waals surface area contributed by atoms with Crippen LogP contribution < -0.4 is 4.90 Å². The normalized spacial score (nSPS) is 12.9. The quantitative estimate of drug-likeness (QED) is 0.460. The molecule has 0 aliphatic carbocycles. The van der Waals surface area contributed by atoms with Crippen LogP contribution in [-0.4, -0.2) is 43.1 Å². The standard InChI is InChI=1S/C21H18N6O2S/c1-26-19(20-22-18(25-29-20)15-8-3-2-4-9-15)23-24-21(26)30-13-17(28)27-12-11-14-7-5-6-10-16(14)27/h2-10H,11-13H2,1H3. The Morgan fingerprint density at radius 3 is 2.77 bits per heavy atom. The molecule has 8 nitrogen and oxygen atoms in total. The second kappa shape index (κ2) is 7.75. The molecule has 3 heterocycles. The Hall–Kier alpha value is -3.46. The molecule has 0 radical (unpaired) electrons. The topological polar surface area (TPSA) is 89.9 Å². The molecule has 9 heteroatoms. The molecule has 0 N–H and O–H groups in total. The van der Waals surface area contributed by atoms with Crippen molar-refractivity contribution in [3.05, 3.63) is 60.2 Å². The van der Waals surface area contributed by atoms with Gasteiger partial charge in [-0.3, -0.25) is 4.79 Å². The molecule has 4 aromatic rings. The third-order valence-corrected chi connectivity index (χ3v) is 6.00. The van der Waals surface area contributed by atoms with Gasteiger partial charge in [-0.25, -0.2) is 0 Å². The van der Waals surface area contributed by atoms with Crippen LogP contribution in [0.2, 0.25) is 0 Å². The van der Waals surface area contributed by atoms with Crippen molar-refractivity contribution < 1.29 is 9.32 Å². The number of fused-ring (bicyclic) bond motifs is 1. The molecule has 1 aliphatic rings. The van der Waals surface area contributed by atoms with Crippen molar-refractivity contribution in [2.75, 3.05) is 17.2 Å². The molecule has 0 bridgehead atoms. The average Bonchev–Trinajstić information content (AvgIpc) is 3.51. The number of benzene rings is 2. The Labute approximate surface area is 176 Å². The fraction of sp³-hybridized carbons (Fsp3) is 0.190. The number of nitrogens with zero attached hydrogens (tertiary/aromatic N) is 6. The van der Waals surface area contributed by atoms with Crippen LogP contribution in [0.3, 0.4) is 0 Å². The Morgan fingerprint density at radius 1 is 1.10 bits per heavy atom. The molecule has 0 saturated heterocycles. The number of hydrogen-bond donors (Lipinski definition) is 0. The second-order valence-electron chi connectivity index (χ2n) is 6.87. The summed E-state index contributed by atoms with van der Waals surface area (Å²) in [6.07, 6.45) is 0.890. The van der Waals surface area contributed by atoms with Crippen molar-refractivity contribution in [2.45, 2.75) is 11.6 Å². The molecule has 0 atom stereocenters. The van der Waals surface area contributed by atoms with Gasteiger partial charge >= 0.3 is 0 Å². The van der Waals surface area contributed by atoms with Gasteiger partial charge in [-0.2, -0.15) is 4.98 Å². The molecule has 0 saturated carbocycles. The van der Waals surface area contributed by atoms with E-state index in [1.807, 2.05) is 60.5 Å². The van der Waals surface area contributed by atoms with E-state index in [0.29, 0.717) is 23.4 Å². The number of thioether (sulfide) groups is 1. The molecule has 2 aromatic heterocycles. The van der Waals surface area contributed by atoms with E-state index in [0.717, 1.165) is 17.7 Å². The Kier molecular flexibility index (Phi) is 4.80. The van der Waals surface area contributed by atoms with E-state index in [-0.39, 0.29) is 17.6 Å². The van der Waals surface area contributed by atoms with Gasteiger partial charge in [0.05, 0.1) is 5.75 Å². The molecule has 150 valence electrons. The maximum absolute atomic E-state index is 12.7. The van der Waals surface area contributed by atoms with Crippen molar-refractivity contribution in [3.8, 4) is 23.1 Å². The zero-order valence-electron chi connectivity index (χ0n) is 16.2. The van der Waals surface area contributed by atoms with Gasteiger partial charge in [0.25, 0.3) is 5.89 Å². The van der Waals surface area contributed by atoms with Crippen molar-refractivity contribution in [1.29, 1.82) is 0 Å². The highest BCUT2D eigenvalue weighted by Crippen LogP contribution is 2.29. The highest BCUT2D eigenvalue weighted by atomic mass is 32.2. The predicted molar refractivity (Wildman–Crippen MR) is 113 cm³/mol. The number of carbonyl (C=O) groups excluding carboxylic acids is 1. The van der Waals surface area contributed by atoms with Crippen LogP contribution >= 0.6 is 11.8 Å². The lowest BCUT2D eigenvalue weighted by Gasteiger charge is -2.16. The minimum atomic E-state index is 0.0543. The Balaban J connectivity index is 1.29. The van der Waals surface area contributed by atoms with E-state index in [2.05, 4.69) is 26.4 Å². The lowest BCUT2D eigenvalue weighted by atomic mass is 10.2. The van der Waals surface area contributed by atoms with Crippen LogP contribution in [0.25, 0.3) is 23.1 Å². The van der Waals surface area contributed by atoms with Crippen LogP contribution in [0, 0.1) is 0 Å². The fourth-order valence-electron chi connectivity index (χ4n) is 3.45. The number of anilines is 1. The summed E-state index contributed by atoms with van der Waals surface area (Å²) >= 11 is 1.34. The van der Waals surface area contributed by atoms with Gasteiger partial charge in [0.15, 0.2) is 5.16 Å². The summed E-state index contributed by atoms with van der Waals surface area (Å²) in [6, 6.07) is 17.6. The largest absolute Gasteiger partial charge is 0.330 e. The molecule has 0 unspecified atom stereocenters. The monoisotopic (exact) mass is 418 g/mol. The molecule has 2 aromatic carbocycles. The fourth-order valence-corrected chi connectivity index (χ4v) is 4.23. The Bertz CT molecular complexity index is 1200. The molecule has 0 fully saturated rings. The highest BCUT2D eigenvalue weighted by molar-refractivity contribution is 7.99. The molecule has 5 rings (SSSR count). The molecular weight excluding hydrogens is 400 g/mol. The first-order chi connectivity index (χ1) is 14.7. The summed E-state index contributed by atoms with van der Waals surface area (Å²) in [5.74, 6) is 1.57. The SMILES string of the molecule is Cn1c(SCC(=O)N2CCc3ccccc32)nnc1-c1nc(-c2ccccc2)no1. The van der Waals surface area contributed by atoms with Crippen molar-refractivity contribution in [3.63, 3.8) is 0 Å². The van der Waals surface area contributed by atoms with Crippen LogP contribution in [0.5, 0.6) is 0 Å². The summed E-state index contributed by atoms with van der Waals surface area (Å²) in [7, 11) is 1.82. The van der Waals surface area contributed by atoms with Gasteiger partial charge in [0.1, 0.15) is 0 Å². The van der Waals surface area contributed by atoms with Gasteiger partial charge < -0.3 is 14.0 Å². The first-order valence-electron chi connectivity index (χ1n) is 9.50. The van der Waals surface area contributed by atoms with Gasteiger partial charge in [0, 0.05) is 24.8 Å². The zero-order chi connectivity index (χ0) is 20.5. The van der Waals surface area contributed by atoms with E-state index in [1.165, 1.54) is 17.3 Å².